The average molecular weight is 433 g/mol. The molecule has 2 unspecified atom stereocenters. The fourth-order valence-electron chi connectivity index (χ4n) is 1.30. The molecule has 0 aliphatic heterocycles. The van der Waals surface area contributed by atoms with Gasteiger partial charge in [0.15, 0.2) is 11.1 Å². The van der Waals surface area contributed by atoms with E-state index >= 15 is 0 Å². The van der Waals surface area contributed by atoms with Crippen LogP contribution in [-0.4, -0.2) is 52.6 Å². The van der Waals surface area contributed by atoms with E-state index in [0.29, 0.717) is 24.3 Å². The molecule has 0 radical (unpaired) electrons. The Labute approximate surface area is 197 Å². The number of hydrogen-bond donors (Lipinski definition) is 1. The van der Waals surface area contributed by atoms with Crippen LogP contribution in [0.5, 0.6) is 0 Å². The summed E-state index contributed by atoms with van der Waals surface area (Å²) in [5.41, 5.74) is 16.7. The summed E-state index contributed by atoms with van der Waals surface area (Å²) in [6, 6.07) is -1.10. The van der Waals surface area contributed by atoms with E-state index in [0.717, 1.165) is 0 Å². The van der Waals surface area contributed by atoms with Gasteiger partial charge < -0.3 is 9.11 Å². The summed E-state index contributed by atoms with van der Waals surface area (Å²) in [5, 5.41) is 6.86. The predicted molar refractivity (Wildman–Crippen MR) is 89.4 cm³/mol. The van der Waals surface area contributed by atoms with Crippen LogP contribution in [0.3, 0.4) is 0 Å². The standard InChI is InChI=1S/C8H16N6O4S4.2Na/c9-13-11-7(5-21(15)16)1-3-19-20-4-2-8(12-14-10)6-22(17)18;;/h7-8H,1-6H2,(H,15,16)(H,17,18);;/q;2*+1/p-1/t7-,8-;;/m1../s1. The molecule has 0 bridgehead atoms. The molecule has 0 amide bonds. The molecule has 0 heterocycles. The Morgan fingerprint density at radius 3 is 1.75 bits per heavy atom. The van der Waals surface area contributed by atoms with Crippen molar-refractivity contribution in [3.8, 4) is 0 Å². The van der Waals surface area contributed by atoms with Crippen molar-refractivity contribution in [2.24, 2.45) is 10.2 Å². The van der Waals surface area contributed by atoms with Gasteiger partial charge in [-0.2, -0.15) is 0 Å². The van der Waals surface area contributed by atoms with E-state index in [9.17, 15) is 13.0 Å². The van der Waals surface area contributed by atoms with E-state index < -0.39 is 34.2 Å². The number of hydrogen-bond acceptors (Lipinski definition) is 7. The van der Waals surface area contributed by atoms with Crippen molar-refractivity contribution >= 4 is 43.7 Å². The Balaban J connectivity index is -0.00000220. The van der Waals surface area contributed by atoms with Crippen LogP contribution in [0.1, 0.15) is 12.8 Å². The second-order valence-electron chi connectivity index (χ2n) is 3.90. The molecule has 4 atom stereocenters. The van der Waals surface area contributed by atoms with Gasteiger partial charge in [-0.15, -0.1) is 0 Å². The predicted octanol–water partition coefficient (Wildman–Crippen LogP) is -3.39. The molecule has 16 heteroatoms. The van der Waals surface area contributed by atoms with E-state index in [1.165, 1.54) is 21.6 Å². The normalized spacial score (nSPS) is 14.6. The third kappa shape index (κ3) is 19.9. The average Bonchev–Trinajstić information content (AvgIpc) is 2.41. The third-order valence-corrected chi connectivity index (χ3v) is 6.04. The van der Waals surface area contributed by atoms with Crippen molar-refractivity contribution in [1.82, 2.24) is 0 Å². The molecular weight excluding hydrogens is 418 g/mol. The van der Waals surface area contributed by atoms with Crippen LogP contribution in [0.2, 0.25) is 0 Å². The minimum atomic E-state index is -2.25. The van der Waals surface area contributed by atoms with Gasteiger partial charge in [0.2, 0.25) is 0 Å². The molecule has 0 aliphatic carbocycles. The summed E-state index contributed by atoms with van der Waals surface area (Å²) >= 11 is -4.26. The van der Waals surface area contributed by atoms with Gasteiger partial charge in [0.1, 0.15) is 0 Å². The van der Waals surface area contributed by atoms with Crippen molar-refractivity contribution in [2.75, 3.05) is 23.0 Å². The molecule has 1 N–H and O–H groups in total. The van der Waals surface area contributed by atoms with Gasteiger partial charge in [0, 0.05) is 33.1 Å². The first kappa shape index (κ1) is 30.3. The Morgan fingerprint density at radius 2 is 1.42 bits per heavy atom. The van der Waals surface area contributed by atoms with Gasteiger partial charge in [-0.1, -0.05) is 42.9 Å². The van der Waals surface area contributed by atoms with E-state index in [4.69, 9.17) is 15.6 Å². The van der Waals surface area contributed by atoms with Crippen LogP contribution in [0.25, 0.3) is 20.9 Å². The first-order chi connectivity index (χ1) is 10.5. The third-order valence-electron chi connectivity index (χ3n) is 2.25. The van der Waals surface area contributed by atoms with Crippen molar-refractivity contribution in [2.45, 2.75) is 24.9 Å². The topological polar surface area (TPSA) is 175 Å². The van der Waals surface area contributed by atoms with Gasteiger partial charge in [-0.3, -0.25) is 4.21 Å². The minimum Gasteiger partial charge on any atom is -0.772 e. The Hall–Kier alpha value is 1.54. The molecule has 0 aromatic heterocycles. The zero-order valence-corrected chi connectivity index (χ0v) is 20.7. The molecule has 0 aliphatic rings. The van der Waals surface area contributed by atoms with Crippen molar-refractivity contribution in [1.29, 1.82) is 0 Å². The summed E-state index contributed by atoms with van der Waals surface area (Å²) in [5.74, 6) is 0.926. The maximum Gasteiger partial charge on any atom is 1.00 e. The first-order valence-corrected chi connectivity index (χ1v) is 11.0. The monoisotopic (exact) mass is 433 g/mol. The molecule has 10 nitrogen and oxygen atoms in total. The second-order valence-corrected chi connectivity index (χ2v) is 8.52. The first-order valence-electron chi connectivity index (χ1n) is 5.95. The van der Waals surface area contributed by atoms with E-state index in [-0.39, 0.29) is 70.6 Å². The Morgan fingerprint density at radius 1 is 1.00 bits per heavy atom. The smallest absolute Gasteiger partial charge is 0.772 e. The van der Waals surface area contributed by atoms with E-state index in [2.05, 4.69) is 20.1 Å². The van der Waals surface area contributed by atoms with Gasteiger partial charge in [0.05, 0.1) is 11.8 Å². The fourth-order valence-corrected chi connectivity index (χ4v) is 4.67. The quantitative estimate of drug-likeness (QED) is 0.0602. The molecule has 0 saturated heterocycles. The van der Waals surface area contributed by atoms with Crippen LogP contribution in [0.4, 0.5) is 0 Å². The molecule has 0 fully saturated rings. The molecular formula is C8H15N6Na2O4S4+. The van der Waals surface area contributed by atoms with Gasteiger partial charge >= 0.3 is 59.1 Å². The Bertz CT molecular complexity index is 435. The van der Waals surface area contributed by atoms with Crippen LogP contribution in [0.15, 0.2) is 10.2 Å². The summed E-state index contributed by atoms with van der Waals surface area (Å²) < 4.78 is 40.6. The van der Waals surface area contributed by atoms with Gasteiger partial charge in [-0.25, -0.2) is 4.21 Å². The Kier molecular flexibility index (Phi) is 26.3. The molecule has 24 heavy (non-hydrogen) atoms. The largest absolute Gasteiger partial charge is 1.00 e. The number of nitrogens with zero attached hydrogens (tertiary/aromatic N) is 6. The maximum atomic E-state index is 10.7. The van der Waals surface area contributed by atoms with E-state index in [1.54, 1.807) is 0 Å². The molecule has 0 spiro atoms. The molecule has 0 aromatic rings. The van der Waals surface area contributed by atoms with Crippen LogP contribution < -0.4 is 59.1 Å². The molecule has 0 saturated carbocycles. The van der Waals surface area contributed by atoms with E-state index in [1.807, 2.05) is 0 Å². The molecule has 0 aromatic carbocycles. The summed E-state index contributed by atoms with van der Waals surface area (Å²) in [4.78, 5) is 5.25. The number of azide groups is 2. The van der Waals surface area contributed by atoms with Crippen LogP contribution in [0, 0.1) is 0 Å². The minimum absolute atomic E-state index is 0. The fraction of sp³-hybridized carbons (Fsp3) is 1.00. The summed E-state index contributed by atoms with van der Waals surface area (Å²) in [6.07, 6.45) is 0.911. The maximum absolute atomic E-state index is 10.7. The van der Waals surface area contributed by atoms with Crippen LogP contribution in [-0.2, 0) is 22.2 Å². The molecule has 126 valence electrons. The van der Waals surface area contributed by atoms with Crippen LogP contribution >= 0.6 is 21.6 Å². The second kappa shape index (κ2) is 20.8. The zero-order chi connectivity index (χ0) is 16.8. The zero-order valence-electron chi connectivity index (χ0n) is 13.4. The van der Waals surface area contributed by atoms with Crippen molar-refractivity contribution in [3.05, 3.63) is 20.9 Å². The summed E-state index contributed by atoms with van der Waals surface area (Å²) in [6.45, 7) is 0. The number of rotatable bonds is 13. The SMILES string of the molecule is [N-]=[N+]=N[C@H](CCSSCC[C@H](CS(=O)O)N=[N+]=[N-])CS(=O)[O-].[Na+].[Na+]. The van der Waals surface area contributed by atoms with Crippen molar-refractivity contribution < 1.29 is 76.6 Å². The summed E-state index contributed by atoms with van der Waals surface area (Å²) in [7, 11) is 2.95. The van der Waals surface area contributed by atoms with Gasteiger partial charge in [0.25, 0.3) is 0 Å². The van der Waals surface area contributed by atoms with Crippen molar-refractivity contribution in [3.63, 3.8) is 0 Å². The molecule has 0 rings (SSSR count). The van der Waals surface area contributed by atoms with Gasteiger partial charge in [-0.05, 0) is 23.9 Å².